The van der Waals surface area contributed by atoms with Crippen molar-refractivity contribution in [1.29, 1.82) is 0 Å². The Hall–Kier alpha value is -2.24. The van der Waals surface area contributed by atoms with Gasteiger partial charge >= 0.3 is 0 Å². The standard InChI is InChI=1S/C20H26N2O4/c1-12-4-3-5-16(13(12)2)22-10-14(8-19(22)23)20(24)21-15-6-7-17-18(9-15)26-11-25-17/h6-7,9,12-14,16H,3-5,8,10-11H2,1-2H3,(H,21,24)/t12-,13+,14+,16+/m0/s1. The summed E-state index contributed by atoms with van der Waals surface area (Å²) in [6.07, 6.45) is 3.74. The van der Waals surface area contributed by atoms with Crippen LogP contribution in [0, 0.1) is 17.8 Å². The molecular formula is C20H26N2O4. The molecule has 0 spiro atoms. The molecule has 0 unspecified atom stereocenters. The van der Waals surface area contributed by atoms with Gasteiger partial charge in [0.15, 0.2) is 11.5 Å². The third-order valence-electron chi connectivity index (χ3n) is 6.23. The van der Waals surface area contributed by atoms with E-state index in [1.165, 1.54) is 6.42 Å². The second kappa shape index (κ2) is 6.82. The van der Waals surface area contributed by atoms with Gasteiger partial charge in [0, 0.05) is 30.8 Å². The van der Waals surface area contributed by atoms with Crippen LogP contribution in [0.2, 0.25) is 0 Å². The van der Waals surface area contributed by atoms with E-state index in [-0.39, 0.29) is 30.6 Å². The molecule has 6 heteroatoms. The summed E-state index contributed by atoms with van der Waals surface area (Å²) in [4.78, 5) is 27.2. The fourth-order valence-electron chi connectivity index (χ4n) is 4.44. The maximum atomic E-state index is 12.7. The van der Waals surface area contributed by atoms with E-state index < -0.39 is 0 Å². The van der Waals surface area contributed by atoms with Gasteiger partial charge in [-0.1, -0.05) is 26.7 Å². The number of nitrogens with one attached hydrogen (secondary N) is 1. The number of ether oxygens (including phenoxy) is 2. The number of nitrogens with zero attached hydrogens (tertiary/aromatic N) is 1. The zero-order valence-corrected chi connectivity index (χ0v) is 15.4. The van der Waals surface area contributed by atoms with Crippen molar-refractivity contribution in [2.45, 2.75) is 45.6 Å². The van der Waals surface area contributed by atoms with Crippen molar-refractivity contribution in [1.82, 2.24) is 4.90 Å². The molecule has 2 amide bonds. The molecule has 26 heavy (non-hydrogen) atoms. The first kappa shape index (κ1) is 17.2. The molecule has 0 aromatic heterocycles. The average Bonchev–Trinajstić information content (AvgIpc) is 3.23. The lowest BCUT2D eigenvalue weighted by molar-refractivity contribution is -0.131. The highest BCUT2D eigenvalue weighted by molar-refractivity contribution is 5.97. The number of fused-ring (bicyclic) bond motifs is 1. The maximum Gasteiger partial charge on any atom is 0.231 e. The highest BCUT2D eigenvalue weighted by Gasteiger charge is 2.41. The van der Waals surface area contributed by atoms with Gasteiger partial charge in [-0.25, -0.2) is 0 Å². The number of benzene rings is 1. The van der Waals surface area contributed by atoms with Crippen molar-refractivity contribution in [2.24, 2.45) is 17.8 Å². The fourth-order valence-corrected chi connectivity index (χ4v) is 4.44. The van der Waals surface area contributed by atoms with Gasteiger partial charge < -0.3 is 19.7 Å². The van der Waals surface area contributed by atoms with Crippen LogP contribution in [0.15, 0.2) is 18.2 Å². The van der Waals surface area contributed by atoms with Gasteiger partial charge in [0.2, 0.25) is 18.6 Å². The van der Waals surface area contributed by atoms with Crippen LogP contribution in [0.25, 0.3) is 0 Å². The monoisotopic (exact) mass is 358 g/mol. The van der Waals surface area contributed by atoms with Gasteiger partial charge in [-0.2, -0.15) is 0 Å². The molecule has 4 atom stereocenters. The van der Waals surface area contributed by atoms with Gasteiger partial charge in [-0.3, -0.25) is 9.59 Å². The highest BCUT2D eigenvalue weighted by Crippen LogP contribution is 2.37. The molecule has 0 bridgehead atoms. The maximum absolute atomic E-state index is 12.7. The Morgan fingerprint density at radius 3 is 2.85 bits per heavy atom. The number of anilines is 1. The lowest BCUT2D eigenvalue weighted by Crippen LogP contribution is -2.45. The third-order valence-corrected chi connectivity index (χ3v) is 6.23. The van der Waals surface area contributed by atoms with Crippen LogP contribution in [0.1, 0.15) is 39.5 Å². The van der Waals surface area contributed by atoms with Crippen LogP contribution >= 0.6 is 0 Å². The molecule has 6 nitrogen and oxygen atoms in total. The Bertz CT molecular complexity index is 720. The lowest BCUT2D eigenvalue weighted by Gasteiger charge is -2.40. The molecule has 2 fully saturated rings. The van der Waals surface area contributed by atoms with Gasteiger partial charge in [0.25, 0.3) is 0 Å². The number of amides is 2. The first-order chi connectivity index (χ1) is 12.5. The largest absolute Gasteiger partial charge is 0.454 e. The first-order valence-corrected chi connectivity index (χ1v) is 9.53. The topological polar surface area (TPSA) is 67.9 Å². The Kier molecular flexibility index (Phi) is 4.51. The molecule has 0 radical (unpaired) electrons. The summed E-state index contributed by atoms with van der Waals surface area (Å²) < 4.78 is 10.6. The summed E-state index contributed by atoms with van der Waals surface area (Å²) in [5.74, 6) is 2.16. The van der Waals surface area contributed by atoms with E-state index in [4.69, 9.17) is 9.47 Å². The molecule has 1 saturated heterocycles. The fraction of sp³-hybridized carbons (Fsp3) is 0.600. The predicted octanol–water partition coefficient (Wildman–Crippen LogP) is 3.03. The second-order valence-corrected chi connectivity index (χ2v) is 7.84. The van der Waals surface area contributed by atoms with Crippen molar-refractivity contribution in [3.63, 3.8) is 0 Å². The van der Waals surface area contributed by atoms with Crippen molar-refractivity contribution in [2.75, 3.05) is 18.7 Å². The summed E-state index contributed by atoms with van der Waals surface area (Å²) >= 11 is 0. The van der Waals surface area contributed by atoms with Crippen LogP contribution < -0.4 is 14.8 Å². The van der Waals surface area contributed by atoms with Gasteiger partial charge in [-0.15, -0.1) is 0 Å². The predicted molar refractivity (Wildman–Crippen MR) is 97.0 cm³/mol. The number of hydrogen-bond acceptors (Lipinski definition) is 4. The van der Waals surface area contributed by atoms with Crippen LogP contribution in [-0.4, -0.2) is 36.1 Å². The van der Waals surface area contributed by atoms with Gasteiger partial charge in [0.1, 0.15) is 0 Å². The Labute approximate surface area is 153 Å². The van der Waals surface area contributed by atoms with E-state index in [0.717, 1.165) is 12.8 Å². The van der Waals surface area contributed by atoms with Crippen molar-refractivity contribution < 1.29 is 19.1 Å². The summed E-state index contributed by atoms with van der Waals surface area (Å²) in [7, 11) is 0. The molecule has 2 heterocycles. The van der Waals surface area contributed by atoms with Gasteiger partial charge in [-0.05, 0) is 30.4 Å². The van der Waals surface area contributed by atoms with Crippen LogP contribution in [0.3, 0.4) is 0 Å². The van der Waals surface area contributed by atoms with Crippen LogP contribution in [0.5, 0.6) is 11.5 Å². The molecular weight excluding hydrogens is 332 g/mol. The minimum absolute atomic E-state index is 0.101. The molecule has 1 aliphatic carbocycles. The molecule has 2 aliphatic heterocycles. The summed E-state index contributed by atoms with van der Waals surface area (Å²) in [5.41, 5.74) is 0.671. The minimum Gasteiger partial charge on any atom is -0.454 e. The van der Waals surface area contributed by atoms with E-state index in [1.54, 1.807) is 18.2 Å². The second-order valence-electron chi connectivity index (χ2n) is 7.84. The van der Waals surface area contributed by atoms with E-state index in [9.17, 15) is 9.59 Å². The Balaban J connectivity index is 1.41. The summed E-state index contributed by atoms with van der Waals surface area (Å²) in [6, 6.07) is 5.62. The SMILES string of the molecule is C[C@H]1[C@H](N2C[C@H](C(=O)Nc3ccc4c(c3)OCO4)CC2=O)CCC[C@@H]1C. The van der Waals surface area contributed by atoms with Crippen LogP contribution in [0.4, 0.5) is 5.69 Å². The third kappa shape index (κ3) is 3.13. The Morgan fingerprint density at radius 2 is 2.00 bits per heavy atom. The Morgan fingerprint density at radius 1 is 1.19 bits per heavy atom. The molecule has 3 aliphatic rings. The zero-order chi connectivity index (χ0) is 18.3. The quantitative estimate of drug-likeness (QED) is 0.902. The molecule has 1 aromatic carbocycles. The summed E-state index contributed by atoms with van der Waals surface area (Å²) in [5, 5.41) is 2.92. The molecule has 140 valence electrons. The lowest BCUT2D eigenvalue weighted by atomic mass is 9.77. The molecule has 1 aromatic rings. The minimum atomic E-state index is -0.294. The average molecular weight is 358 g/mol. The smallest absolute Gasteiger partial charge is 0.231 e. The van der Waals surface area contributed by atoms with Gasteiger partial charge in [0.05, 0.1) is 5.92 Å². The number of rotatable bonds is 3. The van der Waals surface area contributed by atoms with E-state index in [0.29, 0.717) is 42.0 Å². The first-order valence-electron chi connectivity index (χ1n) is 9.53. The molecule has 4 rings (SSSR count). The van der Waals surface area contributed by atoms with Crippen molar-refractivity contribution in [3.05, 3.63) is 18.2 Å². The van der Waals surface area contributed by atoms with Crippen molar-refractivity contribution >= 4 is 17.5 Å². The van der Waals surface area contributed by atoms with Crippen LogP contribution in [-0.2, 0) is 9.59 Å². The zero-order valence-electron chi connectivity index (χ0n) is 15.4. The van der Waals surface area contributed by atoms with E-state index >= 15 is 0 Å². The normalized spacial score (nSPS) is 30.5. The van der Waals surface area contributed by atoms with E-state index in [2.05, 4.69) is 19.2 Å². The number of hydrogen-bond donors (Lipinski definition) is 1. The number of carbonyl (C=O) groups excluding carboxylic acids is 2. The van der Waals surface area contributed by atoms with E-state index in [1.807, 2.05) is 4.90 Å². The highest BCUT2D eigenvalue weighted by atomic mass is 16.7. The number of likely N-dealkylation sites (tertiary alicyclic amines) is 1. The molecule has 1 saturated carbocycles. The van der Waals surface area contributed by atoms with Crippen molar-refractivity contribution in [3.8, 4) is 11.5 Å². The number of carbonyl (C=O) groups is 2. The molecule has 1 N–H and O–H groups in total. The summed E-state index contributed by atoms with van der Waals surface area (Å²) in [6.45, 7) is 5.23.